The monoisotopic (exact) mass is 208 g/mol. The number of aliphatic carboxylic acids is 1. The molecule has 0 spiro atoms. The van der Waals surface area contributed by atoms with Gasteiger partial charge in [0.1, 0.15) is 5.75 Å². The van der Waals surface area contributed by atoms with Crippen molar-refractivity contribution < 1.29 is 19.7 Å². The number of carboxylic acids is 1. The van der Waals surface area contributed by atoms with Gasteiger partial charge in [0.25, 0.3) is 0 Å². The summed E-state index contributed by atoms with van der Waals surface area (Å²) >= 11 is 0. The molecule has 0 bridgehead atoms. The van der Waals surface area contributed by atoms with Crippen LogP contribution in [0.4, 0.5) is 0 Å². The maximum Gasteiger partial charge on any atom is 0.340 e. The fourth-order valence-electron chi connectivity index (χ4n) is 2.17. The lowest BCUT2D eigenvalue weighted by molar-refractivity contribution is -0.163. The van der Waals surface area contributed by atoms with Crippen LogP contribution >= 0.6 is 0 Å². The highest BCUT2D eigenvalue weighted by Crippen LogP contribution is 2.43. The van der Waals surface area contributed by atoms with Crippen molar-refractivity contribution in [2.75, 3.05) is 7.11 Å². The van der Waals surface area contributed by atoms with Gasteiger partial charge in [0.15, 0.2) is 5.60 Å². The molecule has 15 heavy (non-hydrogen) atoms. The summed E-state index contributed by atoms with van der Waals surface area (Å²) in [6.07, 6.45) is 0.897. The van der Waals surface area contributed by atoms with Crippen molar-refractivity contribution in [2.45, 2.75) is 18.4 Å². The van der Waals surface area contributed by atoms with Crippen LogP contribution in [0.25, 0.3) is 0 Å². The van der Waals surface area contributed by atoms with Crippen LogP contribution in [0.1, 0.15) is 17.5 Å². The summed E-state index contributed by atoms with van der Waals surface area (Å²) < 4.78 is 5.13. The number of fused-ring (bicyclic) bond motifs is 1. The zero-order valence-corrected chi connectivity index (χ0v) is 8.36. The number of aromatic hydroxyl groups is 1. The van der Waals surface area contributed by atoms with Crippen LogP contribution in [0, 0.1) is 0 Å². The van der Waals surface area contributed by atoms with Gasteiger partial charge >= 0.3 is 5.97 Å². The van der Waals surface area contributed by atoms with Gasteiger partial charge in [-0.25, -0.2) is 4.79 Å². The lowest BCUT2D eigenvalue weighted by Gasteiger charge is -2.23. The average molecular weight is 208 g/mol. The number of methoxy groups -OCH3 is 1. The van der Waals surface area contributed by atoms with Crippen molar-refractivity contribution in [3.63, 3.8) is 0 Å². The van der Waals surface area contributed by atoms with Crippen molar-refractivity contribution in [1.82, 2.24) is 0 Å². The van der Waals surface area contributed by atoms with E-state index in [4.69, 9.17) is 4.74 Å². The molecule has 2 N–H and O–H groups in total. The van der Waals surface area contributed by atoms with E-state index in [9.17, 15) is 15.0 Å². The number of hydrogen-bond acceptors (Lipinski definition) is 3. The Labute approximate surface area is 87.1 Å². The highest BCUT2D eigenvalue weighted by molar-refractivity contribution is 5.81. The van der Waals surface area contributed by atoms with Crippen LogP contribution in [-0.2, 0) is 21.6 Å². The van der Waals surface area contributed by atoms with E-state index in [0.717, 1.165) is 0 Å². The van der Waals surface area contributed by atoms with Crippen LogP contribution in [-0.4, -0.2) is 23.3 Å². The fraction of sp³-hybridized carbons (Fsp3) is 0.364. The Morgan fingerprint density at radius 1 is 1.53 bits per heavy atom. The largest absolute Gasteiger partial charge is 0.508 e. The quantitative estimate of drug-likeness (QED) is 0.768. The summed E-state index contributed by atoms with van der Waals surface area (Å²) in [7, 11) is 1.38. The summed E-state index contributed by atoms with van der Waals surface area (Å²) in [4.78, 5) is 11.2. The molecule has 1 atom stereocenters. The van der Waals surface area contributed by atoms with Gasteiger partial charge in [-0.3, -0.25) is 0 Å². The zero-order valence-electron chi connectivity index (χ0n) is 8.36. The van der Waals surface area contributed by atoms with Gasteiger partial charge in [-0.1, -0.05) is 12.1 Å². The molecule has 1 aromatic carbocycles. The Bertz CT molecular complexity index is 413. The first kappa shape index (κ1) is 9.98. The molecule has 0 aromatic heterocycles. The van der Waals surface area contributed by atoms with Crippen LogP contribution < -0.4 is 0 Å². The molecule has 1 unspecified atom stereocenters. The minimum Gasteiger partial charge on any atom is -0.508 e. The van der Waals surface area contributed by atoms with E-state index in [2.05, 4.69) is 0 Å². The highest BCUT2D eigenvalue weighted by Gasteiger charge is 2.46. The molecule has 0 saturated heterocycles. The topological polar surface area (TPSA) is 66.8 Å². The fourth-order valence-corrected chi connectivity index (χ4v) is 2.17. The van der Waals surface area contributed by atoms with Crippen LogP contribution in [0.15, 0.2) is 18.2 Å². The van der Waals surface area contributed by atoms with E-state index in [1.54, 1.807) is 18.2 Å². The number of benzene rings is 1. The van der Waals surface area contributed by atoms with Crippen molar-refractivity contribution in [3.05, 3.63) is 29.3 Å². The minimum absolute atomic E-state index is 0.146. The number of carboxylic acid groups (broad SMARTS) is 1. The van der Waals surface area contributed by atoms with Crippen molar-refractivity contribution >= 4 is 5.97 Å². The molecule has 0 fully saturated rings. The summed E-state index contributed by atoms with van der Waals surface area (Å²) in [6, 6.07) is 4.89. The van der Waals surface area contributed by atoms with Crippen molar-refractivity contribution in [2.24, 2.45) is 0 Å². The van der Waals surface area contributed by atoms with Gasteiger partial charge in [0, 0.05) is 18.2 Å². The maximum absolute atomic E-state index is 11.2. The summed E-state index contributed by atoms with van der Waals surface area (Å²) in [5, 5.41) is 18.8. The number of ether oxygens (including phenoxy) is 1. The molecule has 0 heterocycles. The van der Waals surface area contributed by atoms with E-state index < -0.39 is 11.6 Å². The lowest BCUT2D eigenvalue weighted by atomic mass is 9.96. The van der Waals surface area contributed by atoms with E-state index in [1.165, 1.54) is 7.11 Å². The van der Waals surface area contributed by atoms with Gasteiger partial charge in [-0.15, -0.1) is 0 Å². The molecule has 1 aliphatic rings. The summed E-state index contributed by atoms with van der Waals surface area (Å²) in [6.45, 7) is 0. The van der Waals surface area contributed by atoms with Crippen molar-refractivity contribution in [1.29, 1.82) is 0 Å². The number of rotatable bonds is 2. The van der Waals surface area contributed by atoms with E-state index in [1.807, 2.05) is 0 Å². The number of phenolic OH excluding ortho intramolecular Hbond substituents is 1. The second-order valence-corrected chi connectivity index (χ2v) is 3.64. The zero-order chi connectivity index (χ0) is 11.1. The second-order valence-electron chi connectivity index (χ2n) is 3.64. The predicted molar refractivity (Wildman–Crippen MR) is 52.8 cm³/mol. The van der Waals surface area contributed by atoms with Gasteiger partial charge in [0.2, 0.25) is 0 Å². The third-order valence-corrected chi connectivity index (χ3v) is 3.01. The van der Waals surface area contributed by atoms with E-state index >= 15 is 0 Å². The molecule has 0 amide bonds. The van der Waals surface area contributed by atoms with Gasteiger partial charge < -0.3 is 14.9 Å². The van der Waals surface area contributed by atoms with E-state index in [-0.39, 0.29) is 5.75 Å². The summed E-state index contributed by atoms with van der Waals surface area (Å²) in [5.74, 6) is -0.859. The van der Waals surface area contributed by atoms with Gasteiger partial charge in [0.05, 0.1) is 0 Å². The Hall–Kier alpha value is -1.55. The molecule has 4 heteroatoms. The summed E-state index contributed by atoms with van der Waals surface area (Å²) in [5.41, 5.74) is -0.0344. The Kier molecular flexibility index (Phi) is 2.16. The number of hydrogen-bond donors (Lipinski definition) is 2. The molecule has 1 aliphatic carbocycles. The maximum atomic E-state index is 11.2. The number of carbonyl (C=O) groups is 1. The smallest absolute Gasteiger partial charge is 0.340 e. The standard InChI is InChI=1S/C11H12O4/c1-15-11(10(13)14)6-5-7-8(11)3-2-4-9(7)12/h2-4,12H,5-6H2,1H3,(H,13,14). The Morgan fingerprint density at radius 3 is 2.87 bits per heavy atom. The molecular weight excluding hydrogens is 196 g/mol. The third-order valence-electron chi connectivity index (χ3n) is 3.01. The second kappa shape index (κ2) is 3.24. The first-order valence-electron chi connectivity index (χ1n) is 4.71. The average Bonchev–Trinajstić information content (AvgIpc) is 2.59. The van der Waals surface area contributed by atoms with Crippen LogP contribution in [0.5, 0.6) is 5.75 Å². The third kappa shape index (κ3) is 1.22. The lowest BCUT2D eigenvalue weighted by Crippen LogP contribution is -2.35. The molecule has 4 nitrogen and oxygen atoms in total. The molecule has 0 radical (unpaired) electrons. The minimum atomic E-state index is -1.28. The first-order valence-corrected chi connectivity index (χ1v) is 4.71. The Morgan fingerprint density at radius 2 is 2.27 bits per heavy atom. The van der Waals surface area contributed by atoms with Gasteiger partial charge in [-0.05, 0) is 18.9 Å². The molecule has 0 saturated carbocycles. The van der Waals surface area contributed by atoms with Crippen LogP contribution in [0.3, 0.4) is 0 Å². The van der Waals surface area contributed by atoms with Crippen molar-refractivity contribution in [3.8, 4) is 5.75 Å². The molecule has 0 aliphatic heterocycles. The first-order chi connectivity index (χ1) is 7.12. The SMILES string of the molecule is COC1(C(=O)O)CCc2c(O)cccc21. The molecule has 2 rings (SSSR count). The number of phenols is 1. The molecule has 80 valence electrons. The normalized spacial score (nSPS) is 23.8. The van der Waals surface area contributed by atoms with Crippen LogP contribution in [0.2, 0.25) is 0 Å². The van der Waals surface area contributed by atoms with Gasteiger partial charge in [-0.2, -0.15) is 0 Å². The predicted octanol–water partition coefficient (Wildman–Crippen LogP) is 1.26. The molecular formula is C11H12O4. The molecule has 1 aromatic rings. The Balaban J connectivity index is 2.61. The van der Waals surface area contributed by atoms with E-state index in [0.29, 0.717) is 24.0 Å². The highest BCUT2D eigenvalue weighted by atomic mass is 16.5.